The number of carbonyl (C=O) groups excluding carboxylic acids is 1. The van der Waals surface area contributed by atoms with Gasteiger partial charge in [-0.1, -0.05) is 27.7 Å². The topological polar surface area (TPSA) is 127 Å². The number of fused-ring (bicyclic) bond motifs is 1. The first kappa shape index (κ1) is 35.5. The summed E-state index contributed by atoms with van der Waals surface area (Å²) in [4.78, 5) is 24.5. The molecule has 5 rings (SSSR count). The van der Waals surface area contributed by atoms with Crippen molar-refractivity contribution in [3.8, 4) is 17.3 Å². The number of hydrogen-bond acceptors (Lipinski definition) is 9. The van der Waals surface area contributed by atoms with Gasteiger partial charge in [-0.3, -0.25) is 9.58 Å². The van der Waals surface area contributed by atoms with Crippen LogP contribution < -0.4 is 10.2 Å². The minimum absolute atomic E-state index is 0.0132. The maximum absolute atomic E-state index is 13.6. The monoisotopic (exact) mass is 673 g/mol. The Bertz CT molecular complexity index is 1700. The lowest BCUT2D eigenvalue weighted by atomic mass is 9.83. The van der Waals surface area contributed by atoms with Crippen molar-refractivity contribution in [1.29, 1.82) is 5.26 Å². The lowest BCUT2D eigenvalue weighted by Crippen LogP contribution is -2.46. The molecule has 0 radical (unpaired) electrons. The Balaban J connectivity index is 1.48. The van der Waals surface area contributed by atoms with Crippen LogP contribution in [0.1, 0.15) is 78.1 Å². The third kappa shape index (κ3) is 7.58. The fraction of sp³-hybridized carbons (Fsp3) is 0.583. The Labute approximate surface area is 286 Å². The summed E-state index contributed by atoms with van der Waals surface area (Å²) < 4.78 is 20.1. The molecule has 12 heteroatoms. The van der Waals surface area contributed by atoms with E-state index in [2.05, 4.69) is 62.3 Å². The van der Waals surface area contributed by atoms with Gasteiger partial charge in [0.25, 0.3) is 0 Å². The molecule has 1 fully saturated rings. The summed E-state index contributed by atoms with van der Waals surface area (Å²) in [5.41, 5.74) is 3.79. The summed E-state index contributed by atoms with van der Waals surface area (Å²) in [5, 5.41) is 18.4. The first-order valence-corrected chi connectivity index (χ1v) is 19.8. The summed E-state index contributed by atoms with van der Waals surface area (Å²) in [7, 11) is -2.13. The van der Waals surface area contributed by atoms with E-state index in [-0.39, 0.29) is 5.04 Å². The first-order chi connectivity index (χ1) is 22.4. The molecule has 0 aliphatic carbocycles. The van der Waals surface area contributed by atoms with Crippen molar-refractivity contribution >= 4 is 31.7 Å². The van der Waals surface area contributed by atoms with Crippen molar-refractivity contribution in [3.63, 3.8) is 0 Å². The number of nitrogens with one attached hydrogen (secondary N) is 1. The number of carbonyl (C=O) groups is 1. The van der Waals surface area contributed by atoms with Gasteiger partial charge >= 0.3 is 6.09 Å². The number of anilines is 3. The molecule has 0 saturated carbocycles. The SMILES string of the molecule is Cc1c(Nc2nccc(-c3cc(C#N)c4c(c3)[C@@](C)(CO[Si](C)(C)C(C)(C)C)CN4C(=O)OC(C)(C)C)n2)cnn1CC1CCOCC1. The van der Waals surface area contributed by atoms with E-state index in [1.165, 1.54) is 0 Å². The molecule has 1 N–H and O–H groups in total. The number of rotatable bonds is 8. The van der Waals surface area contributed by atoms with Crippen molar-refractivity contribution in [2.45, 2.75) is 104 Å². The standard InChI is InChI=1S/C36H51N7O4Si/c1-24-30(20-39-43(24)21-25-12-15-45-16-13-25)41-32-38-14-11-29(40-32)26-17-27(19-37)31-28(18-26)36(8,23-46-48(9,10)35(5,6)7)22-42(31)33(44)47-34(2,3)4/h11,14,17-18,20,25H,12-13,15-16,21-23H2,1-10H3,(H,38,40,41)/t36-/m1/s1. The van der Waals surface area contributed by atoms with E-state index in [1.807, 2.05) is 50.7 Å². The van der Waals surface area contributed by atoms with E-state index < -0.39 is 25.4 Å². The fourth-order valence-corrected chi connectivity index (χ4v) is 7.02. The summed E-state index contributed by atoms with van der Waals surface area (Å²) >= 11 is 0. The molecule has 3 aromatic rings. The number of ether oxygens (including phenoxy) is 2. The molecule has 2 aliphatic rings. The summed E-state index contributed by atoms with van der Waals surface area (Å²) in [6, 6.07) is 8.02. The second-order valence-corrected chi connectivity index (χ2v) is 20.8. The van der Waals surface area contributed by atoms with E-state index in [1.54, 1.807) is 17.2 Å². The zero-order valence-electron chi connectivity index (χ0n) is 30.2. The lowest BCUT2D eigenvalue weighted by Gasteiger charge is -2.39. The maximum Gasteiger partial charge on any atom is 0.414 e. The van der Waals surface area contributed by atoms with Crippen molar-refractivity contribution in [2.24, 2.45) is 5.92 Å². The Morgan fingerprint density at radius 1 is 1.19 bits per heavy atom. The van der Waals surface area contributed by atoms with Gasteiger partial charge in [0.1, 0.15) is 11.7 Å². The van der Waals surface area contributed by atoms with Crippen LogP contribution in [0.5, 0.6) is 0 Å². The van der Waals surface area contributed by atoms with Gasteiger partial charge in [0.2, 0.25) is 5.95 Å². The summed E-state index contributed by atoms with van der Waals surface area (Å²) in [6.45, 7) is 23.9. The molecule has 1 atom stereocenters. The average molecular weight is 674 g/mol. The fourth-order valence-electron chi connectivity index (χ4n) is 5.91. The van der Waals surface area contributed by atoms with Gasteiger partial charge in [0.15, 0.2) is 8.32 Å². The van der Waals surface area contributed by atoms with E-state index >= 15 is 0 Å². The smallest absolute Gasteiger partial charge is 0.414 e. The molecule has 0 spiro atoms. The van der Waals surface area contributed by atoms with Gasteiger partial charge in [0.05, 0.1) is 34.5 Å². The van der Waals surface area contributed by atoms with Crippen molar-refractivity contribution < 1.29 is 18.7 Å². The second-order valence-electron chi connectivity index (χ2n) is 16.0. The Morgan fingerprint density at radius 3 is 2.54 bits per heavy atom. The highest BCUT2D eigenvalue weighted by atomic mass is 28.4. The van der Waals surface area contributed by atoms with E-state index in [0.29, 0.717) is 42.0 Å². The molecule has 11 nitrogen and oxygen atoms in total. The van der Waals surface area contributed by atoms with Crippen molar-refractivity contribution in [2.75, 3.05) is 36.6 Å². The van der Waals surface area contributed by atoms with Crippen LogP contribution in [0.2, 0.25) is 18.1 Å². The van der Waals surface area contributed by atoms with Gasteiger partial charge in [-0.25, -0.2) is 14.8 Å². The Kier molecular flexibility index (Phi) is 9.81. The average Bonchev–Trinajstić information content (AvgIpc) is 3.51. The molecule has 2 aromatic heterocycles. The molecule has 0 unspecified atom stereocenters. The van der Waals surface area contributed by atoms with Crippen LogP contribution in [0.3, 0.4) is 0 Å². The number of nitrogens with zero attached hydrogens (tertiary/aromatic N) is 6. The third-order valence-corrected chi connectivity index (χ3v) is 14.4. The molecule has 1 saturated heterocycles. The minimum Gasteiger partial charge on any atom is -0.443 e. The highest BCUT2D eigenvalue weighted by Gasteiger charge is 2.47. The van der Waals surface area contributed by atoms with Crippen LogP contribution in [0.4, 0.5) is 22.1 Å². The molecule has 4 heterocycles. The van der Waals surface area contributed by atoms with Gasteiger partial charge in [0, 0.05) is 50.1 Å². The number of aromatic nitrogens is 4. The van der Waals surface area contributed by atoms with Crippen LogP contribution in [0.15, 0.2) is 30.6 Å². The predicted octanol–water partition coefficient (Wildman–Crippen LogP) is 7.73. The number of benzene rings is 1. The van der Waals surface area contributed by atoms with E-state index in [9.17, 15) is 10.1 Å². The van der Waals surface area contributed by atoms with Crippen LogP contribution in [0, 0.1) is 24.2 Å². The Morgan fingerprint density at radius 2 is 1.90 bits per heavy atom. The first-order valence-electron chi connectivity index (χ1n) is 16.8. The number of nitriles is 1. The van der Waals surface area contributed by atoms with Gasteiger partial charge in [-0.2, -0.15) is 10.4 Å². The Hall–Kier alpha value is -3.79. The van der Waals surface area contributed by atoms with Gasteiger partial charge < -0.3 is 19.2 Å². The number of amides is 1. The van der Waals surface area contributed by atoms with Crippen molar-refractivity contribution in [1.82, 2.24) is 19.7 Å². The maximum atomic E-state index is 13.6. The third-order valence-electron chi connectivity index (χ3n) is 9.90. The van der Waals surface area contributed by atoms with Gasteiger partial charge in [-0.15, -0.1) is 0 Å². The zero-order valence-corrected chi connectivity index (χ0v) is 31.2. The van der Waals surface area contributed by atoms with Crippen LogP contribution in [-0.4, -0.2) is 66.1 Å². The lowest BCUT2D eigenvalue weighted by molar-refractivity contribution is 0.0574. The molecule has 0 bridgehead atoms. The molecular weight excluding hydrogens is 623 g/mol. The van der Waals surface area contributed by atoms with Crippen LogP contribution >= 0.6 is 0 Å². The van der Waals surface area contributed by atoms with Gasteiger partial charge in [-0.05, 0) is 88.3 Å². The number of hydrogen-bond donors (Lipinski definition) is 1. The van der Waals surface area contributed by atoms with Crippen molar-refractivity contribution in [3.05, 3.63) is 47.4 Å². The van der Waals surface area contributed by atoms with Crippen LogP contribution in [-0.2, 0) is 25.9 Å². The summed E-state index contributed by atoms with van der Waals surface area (Å²) in [6.07, 6.45) is 5.11. The molecule has 1 aromatic carbocycles. The van der Waals surface area contributed by atoms with Crippen LogP contribution in [0.25, 0.3) is 11.3 Å². The zero-order chi connectivity index (χ0) is 35.1. The molecule has 48 heavy (non-hydrogen) atoms. The van der Waals surface area contributed by atoms with E-state index in [0.717, 1.165) is 55.1 Å². The molecule has 258 valence electrons. The predicted molar refractivity (Wildman–Crippen MR) is 190 cm³/mol. The normalized spacial score (nSPS) is 18.8. The quantitative estimate of drug-likeness (QED) is 0.239. The molecular formula is C36H51N7O4Si. The minimum atomic E-state index is -2.13. The van der Waals surface area contributed by atoms with E-state index in [4.69, 9.17) is 18.9 Å². The second kappa shape index (κ2) is 13.3. The highest BCUT2D eigenvalue weighted by Crippen LogP contribution is 2.47. The largest absolute Gasteiger partial charge is 0.443 e. The highest BCUT2D eigenvalue weighted by molar-refractivity contribution is 6.74. The summed E-state index contributed by atoms with van der Waals surface area (Å²) in [5.74, 6) is 0.975. The molecule has 1 amide bonds. The molecule has 2 aliphatic heterocycles.